The van der Waals surface area contributed by atoms with Crippen LogP contribution in [0, 0.1) is 5.92 Å². The van der Waals surface area contributed by atoms with Crippen LogP contribution in [0.4, 0.5) is 5.69 Å². The molecule has 0 radical (unpaired) electrons. The number of hydrogen-bond donors (Lipinski definition) is 0. The zero-order chi connectivity index (χ0) is 13.1. The van der Waals surface area contributed by atoms with E-state index in [-0.39, 0.29) is 11.5 Å². The maximum atomic E-state index is 11.6. The lowest BCUT2D eigenvalue weighted by Crippen LogP contribution is -2.30. The van der Waals surface area contributed by atoms with Crippen molar-refractivity contribution in [2.24, 2.45) is 11.0 Å². The first-order valence-corrected chi connectivity index (χ1v) is 5.63. The molecule has 0 saturated heterocycles. The van der Waals surface area contributed by atoms with Crippen molar-refractivity contribution in [3.63, 3.8) is 0 Å². The van der Waals surface area contributed by atoms with Gasteiger partial charge in [0.2, 0.25) is 0 Å². The summed E-state index contributed by atoms with van der Waals surface area (Å²) in [6, 6.07) is 9.41. The van der Waals surface area contributed by atoms with Gasteiger partial charge in [-0.15, -0.1) is 0 Å². The lowest BCUT2D eigenvalue weighted by atomic mass is 10.0. The highest BCUT2D eigenvalue weighted by molar-refractivity contribution is 6.43. The summed E-state index contributed by atoms with van der Waals surface area (Å²) < 4.78 is 4.70. The molecule has 2 rings (SSSR count). The van der Waals surface area contributed by atoms with Gasteiger partial charge in [-0.05, 0) is 12.1 Å². The van der Waals surface area contributed by atoms with Crippen LogP contribution < -0.4 is 5.01 Å². The molecule has 5 heteroatoms. The number of anilines is 1. The average molecular weight is 246 g/mol. The molecule has 18 heavy (non-hydrogen) atoms. The summed E-state index contributed by atoms with van der Waals surface area (Å²) in [6.45, 7) is 1.74. The maximum absolute atomic E-state index is 11.6. The average Bonchev–Trinajstić information content (AvgIpc) is 2.84. The molecule has 0 spiro atoms. The summed E-state index contributed by atoms with van der Waals surface area (Å²) >= 11 is 0. The molecule has 1 heterocycles. The molecular weight excluding hydrogens is 232 g/mol. The van der Waals surface area contributed by atoms with Crippen LogP contribution in [0.25, 0.3) is 0 Å². The van der Waals surface area contributed by atoms with Crippen molar-refractivity contribution in [3.05, 3.63) is 30.3 Å². The molecular formula is C13H14N2O3. The fourth-order valence-corrected chi connectivity index (χ4v) is 1.91. The number of hydrogen-bond acceptors (Lipinski definition) is 5. The number of ketones is 1. The Bertz CT molecular complexity index is 496. The molecule has 1 aliphatic heterocycles. The summed E-state index contributed by atoms with van der Waals surface area (Å²) in [5.74, 6) is -1.24. The lowest BCUT2D eigenvalue weighted by molar-refractivity contribution is -0.142. The van der Waals surface area contributed by atoms with Crippen molar-refractivity contribution in [1.82, 2.24) is 0 Å². The molecule has 0 fully saturated rings. The Labute approximate surface area is 105 Å². The number of esters is 1. The highest BCUT2D eigenvalue weighted by Gasteiger charge is 2.36. The minimum absolute atomic E-state index is 0.205. The van der Waals surface area contributed by atoms with Crippen molar-refractivity contribution in [3.8, 4) is 0 Å². The second-order valence-corrected chi connectivity index (χ2v) is 4.03. The number of carbonyl (C=O) groups excluding carboxylic acids is 2. The van der Waals surface area contributed by atoms with E-state index in [0.717, 1.165) is 5.69 Å². The number of ether oxygens (including phenoxy) is 1. The number of rotatable bonds is 3. The predicted octanol–water partition coefficient (Wildman–Crippen LogP) is 1.24. The van der Waals surface area contributed by atoms with Crippen molar-refractivity contribution >= 4 is 23.2 Å². The summed E-state index contributed by atoms with van der Waals surface area (Å²) in [5, 5.41) is 5.86. The van der Waals surface area contributed by atoms with Gasteiger partial charge in [-0.1, -0.05) is 18.2 Å². The first-order chi connectivity index (χ1) is 8.63. The normalized spacial score (nSPS) is 18.4. The molecule has 0 saturated carbocycles. The topological polar surface area (TPSA) is 59.0 Å². The number of benzene rings is 1. The van der Waals surface area contributed by atoms with E-state index in [0.29, 0.717) is 6.54 Å². The predicted molar refractivity (Wildman–Crippen MR) is 67.4 cm³/mol. The van der Waals surface area contributed by atoms with Gasteiger partial charge < -0.3 is 4.74 Å². The molecule has 1 aromatic rings. The third kappa shape index (κ3) is 2.25. The molecule has 1 atom stereocenters. The fourth-order valence-electron chi connectivity index (χ4n) is 1.91. The van der Waals surface area contributed by atoms with E-state index in [1.807, 2.05) is 30.3 Å². The molecule has 5 nitrogen and oxygen atoms in total. The molecule has 0 unspecified atom stereocenters. The second kappa shape index (κ2) is 5.00. The van der Waals surface area contributed by atoms with Gasteiger partial charge in [0.15, 0.2) is 5.78 Å². The summed E-state index contributed by atoms with van der Waals surface area (Å²) in [4.78, 5) is 23.1. The number of nitrogens with zero attached hydrogens (tertiary/aromatic N) is 2. The first kappa shape index (κ1) is 12.3. The van der Waals surface area contributed by atoms with Crippen LogP contribution in [-0.4, -0.2) is 31.1 Å². The zero-order valence-corrected chi connectivity index (χ0v) is 10.3. The lowest BCUT2D eigenvalue weighted by Gasteiger charge is -2.14. The van der Waals surface area contributed by atoms with Crippen molar-refractivity contribution in [2.75, 3.05) is 18.7 Å². The van der Waals surface area contributed by atoms with E-state index in [2.05, 4.69) is 5.10 Å². The van der Waals surface area contributed by atoms with Gasteiger partial charge in [0.25, 0.3) is 0 Å². The third-order valence-electron chi connectivity index (χ3n) is 2.81. The van der Waals surface area contributed by atoms with E-state index in [1.165, 1.54) is 14.0 Å². The van der Waals surface area contributed by atoms with Crippen molar-refractivity contribution in [1.29, 1.82) is 0 Å². The van der Waals surface area contributed by atoms with E-state index in [4.69, 9.17) is 4.74 Å². The van der Waals surface area contributed by atoms with Crippen LogP contribution in [0.1, 0.15) is 6.92 Å². The molecule has 0 aliphatic carbocycles. The molecule has 1 aliphatic rings. The van der Waals surface area contributed by atoms with Crippen molar-refractivity contribution < 1.29 is 14.3 Å². The third-order valence-corrected chi connectivity index (χ3v) is 2.81. The first-order valence-electron chi connectivity index (χ1n) is 5.63. The quantitative estimate of drug-likeness (QED) is 0.753. The van der Waals surface area contributed by atoms with Gasteiger partial charge in [-0.3, -0.25) is 14.6 Å². The highest BCUT2D eigenvalue weighted by Crippen LogP contribution is 2.23. The molecule has 94 valence electrons. The van der Waals surface area contributed by atoms with E-state index < -0.39 is 11.9 Å². The van der Waals surface area contributed by atoms with Gasteiger partial charge in [-0.2, -0.15) is 5.10 Å². The summed E-state index contributed by atoms with van der Waals surface area (Å²) in [6.07, 6.45) is 0. The monoisotopic (exact) mass is 246 g/mol. The Hall–Kier alpha value is -2.17. The molecule has 0 amide bonds. The molecule has 0 N–H and O–H groups in total. The van der Waals surface area contributed by atoms with Gasteiger partial charge in [0.1, 0.15) is 11.6 Å². The van der Waals surface area contributed by atoms with Crippen molar-refractivity contribution in [2.45, 2.75) is 6.92 Å². The summed E-state index contributed by atoms with van der Waals surface area (Å²) in [5.41, 5.74) is 1.10. The highest BCUT2D eigenvalue weighted by atomic mass is 16.5. The fraction of sp³-hybridized carbons (Fsp3) is 0.308. The number of Topliss-reactive ketones (excluding diaryl/α,β-unsaturated/α-hetero) is 1. The Morgan fingerprint density at radius 1 is 1.33 bits per heavy atom. The van der Waals surface area contributed by atoms with Crippen LogP contribution in [-0.2, 0) is 14.3 Å². The minimum atomic E-state index is -0.604. The Balaban J connectivity index is 2.28. The SMILES string of the molecule is COC(=O)[C@@H]1CN(c2ccccc2)N=C1C(C)=O. The smallest absolute Gasteiger partial charge is 0.316 e. The Kier molecular flexibility index (Phi) is 3.41. The van der Waals surface area contributed by atoms with Crippen LogP contribution in [0.5, 0.6) is 0 Å². The van der Waals surface area contributed by atoms with Gasteiger partial charge in [0.05, 0.1) is 19.3 Å². The van der Waals surface area contributed by atoms with Crippen LogP contribution >= 0.6 is 0 Å². The Morgan fingerprint density at radius 2 is 2.00 bits per heavy atom. The summed E-state index contributed by atoms with van der Waals surface area (Å²) in [7, 11) is 1.31. The van der Waals surface area contributed by atoms with E-state index >= 15 is 0 Å². The maximum Gasteiger partial charge on any atom is 0.316 e. The standard InChI is InChI=1S/C13H14N2O3/c1-9(16)12-11(13(17)18-2)8-15(14-12)10-6-4-3-5-7-10/h3-7,11H,8H2,1-2H3/t11-/m1/s1. The van der Waals surface area contributed by atoms with E-state index in [1.54, 1.807) is 5.01 Å². The Morgan fingerprint density at radius 3 is 2.56 bits per heavy atom. The zero-order valence-electron chi connectivity index (χ0n) is 10.3. The number of carbonyl (C=O) groups is 2. The molecule has 0 bridgehead atoms. The van der Waals surface area contributed by atoms with Crippen LogP contribution in [0.2, 0.25) is 0 Å². The minimum Gasteiger partial charge on any atom is -0.468 e. The van der Waals surface area contributed by atoms with Gasteiger partial charge >= 0.3 is 5.97 Å². The molecule has 0 aromatic heterocycles. The van der Waals surface area contributed by atoms with Gasteiger partial charge in [0, 0.05) is 6.92 Å². The second-order valence-electron chi connectivity index (χ2n) is 4.03. The van der Waals surface area contributed by atoms with Gasteiger partial charge in [-0.25, -0.2) is 0 Å². The number of hydrazone groups is 1. The van der Waals surface area contributed by atoms with Crippen LogP contribution in [0.3, 0.4) is 0 Å². The van der Waals surface area contributed by atoms with E-state index in [9.17, 15) is 9.59 Å². The van der Waals surface area contributed by atoms with Crippen LogP contribution in [0.15, 0.2) is 35.4 Å². The number of methoxy groups -OCH3 is 1. The number of para-hydroxylation sites is 1. The molecule has 1 aromatic carbocycles. The largest absolute Gasteiger partial charge is 0.468 e.